The number of fused-ring (bicyclic) bond motifs is 16. The van der Waals surface area contributed by atoms with Gasteiger partial charge in [0.25, 0.3) is 0 Å². The third kappa shape index (κ3) is 5.01. The van der Waals surface area contributed by atoms with Gasteiger partial charge in [-0.1, -0.05) is 228 Å². The van der Waals surface area contributed by atoms with E-state index in [0.717, 1.165) is 11.4 Å². The molecule has 68 heavy (non-hydrogen) atoms. The largest absolute Gasteiger partial charge is 0.309 e. The van der Waals surface area contributed by atoms with Gasteiger partial charge in [-0.25, -0.2) is 0 Å². The fraction of sp³-hybridized carbons (Fsp3) is 0.104. The van der Waals surface area contributed by atoms with E-state index in [9.17, 15) is 0 Å². The van der Waals surface area contributed by atoms with Crippen LogP contribution in [0.15, 0.2) is 224 Å². The van der Waals surface area contributed by atoms with Crippen molar-refractivity contribution in [2.24, 2.45) is 0 Å². The van der Waals surface area contributed by atoms with Crippen LogP contribution in [0.25, 0.3) is 66.8 Å². The van der Waals surface area contributed by atoms with Gasteiger partial charge in [0.15, 0.2) is 0 Å². The molecule has 1 nitrogen and oxygen atoms in total. The summed E-state index contributed by atoms with van der Waals surface area (Å²) in [6.45, 7) is 9.53. The molecule has 0 bridgehead atoms. The monoisotopic (exact) mass is 867 g/mol. The van der Waals surface area contributed by atoms with E-state index in [1.54, 1.807) is 0 Å². The lowest BCUT2D eigenvalue weighted by Crippen LogP contribution is -2.26. The average molecular weight is 868 g/mol. The van der Waals surface area contributed by atoms with Crippen LogP contribution >= 0.6 is 0 Å². The molecule has 1 heteroatoms. The Balaban J connectivity index is 1.03. The van der Waals surface area contributed by atoms with Crippen LogP contribution < -0.4 is 4.90 Å². The zero-order chi connectivity index (χ0) is 45.5. The lowest BCUT2D eigenvalue weighted by Gasteiger charge is -2.32. The van der Waals surface area contributed by atoms with E-state index < -0.39 is 5.41 Å². The van der Waals surface area contributed by atoms with Crippen molar-refractivity contribution in [3.8, 4) is 66.8 Å². The van der Waals surface area contributed by atoms with Crippen molar-refractivity contribution in [1.29, 1.82) is 0 Å². The molecule has 1 spiro atoms. The predicted molar refractivity (Wildman–Crippen MR) is 283 cm³/mol. The molecule has 322 valence electrons. The molecule has 0 amide bonds. The highest BCUT2D eigenvalue weighted by Gasteiger charge is 2.52. The van der Waals surface area contributed by atoms with E-state index in [1.807, 2.05) is 0 Å². The van der Waals surface area contributed by atoms with E-state index in [1.165, 1.54) is 117 Å². The molecule has 10 aromatic carbocycles. The number of hydrogen-bond donors (Lipinski definition) is 0. The first-order chi connectivity index (χ1) is 33.3. The van der Waals surface area contributed by atoms with Crippen molar-refractivity contribution in [1.82, 2.24) is 0 Å². The lowest BCUT2D eigenvalue weighted by atomic mass is 9.70. The minimum absolute atomic E-state index is 0.119. The Labute approximate surface area is 399 Å². The summed E-state index contributed by atoms with van der Waals surface area (Å²) < 4.78 is 0. The number of rotatable bonds is 5. The van der Waals surface area contributed by atoms with Crippen LogP contribution in [-0.4, -0.2) is 0 Å². The van der Waals surface area contributed by atoms with Crippen molar-refractivity contribution >= 4 is 17.1 Å². The highest BCUT2D eigenvalue weighted by atomic mass is 15.1. The van der Waals surface area contributed by atoms with Crippen LogP contribution in [-0.2, 0) is 16.2 Å². The number of hydrogen-bond acceptors (Lipinski definition) is 1. The number of para-hydroxylation sites is 1. The summed E-state index contributed by atoms with van der Waals surface area (Å²) in [4.78, 5) is 2.57. The van der Waals surface area contributed by atoms with Crippen LogP contribution in [0.2, 0.25) is 0 Å². The Hall–Kier alpha value is -8.00. The van der Waals surface area contributed by atoms with Gasteiger partial charge >= 0.3 is 0 Å². The van der Waals surface area contributed by atoms with Crippen LogP contribution in [0.1, 0.15) is 72.2 Å². The molecule has 4 aliphatic rings. The minimum atomic E-state index is -0.461. The summed E-state index contributed by atoms with van der Waals surface area (Å²) in [6.07, 6.45) is 0. The molecule has 14 rings (SSSR count). The van der Waals surface area contributed by atoms with E-state index >= 15 is 0 Å². The van der Waals surface area contributed by atoms with Crippen LogP contribution in [0, 0.1) is 0 Å². The molecule has 0 aliphatic heterocycles. The van der Waals surface area contributed by atoms with Crippen molar-refractivity contribution in [2.75, 3.05) is 4.90 Å². The summed E-state index contributed by atoms with van der Waals surface area (Å²) in [5.41, 5.74) is 29.1. The van der Waals surface area contributed by atoms with Crippen LogP contribution in [0.3, 0.4) is 0 Å². The Bertz CT molecular complexity index is 3700. The number of anilines is 3. The molecule has 0 atom stereocenters. The van der Waals surface area contributed by atoms with Gasteiger partial charge in [0.1, 0.15) is 0 Å². The SMILES string of the molecule is CC1(C)c2ccccc2-c2c(-c3ccccc3N(c3ccc(-c4cccc5c4C(C)(C)c4ccccc4-5)cc3)c3cccc4c3-c3ccccc3C43c4ccccc4-c4ccccc43)cccc21. The molecule has 0 fully saturated rings. The first-order valence-corrected chi connectivity index (χ1v) is 24.2. The zero-order valence-electron chi connectivity index (χ0n) is 38.8. The van der Waals surface area contributed by atoms with Crippen LogP contribution in [0.5, 0.6) is 0 Å². The minimum Gasteiger partial charge on any atom is -0.309 e. The normalized spacial score (nSPS) is 15.1. The van der Waals surface area contributed by atoms with Crippen molar-refractivity contribution in [2.45, 2.75) is 43.9 Å². The Kier molecular flexibility index (Phi) is 8.08. The topological polar surface area (TPSA) is 3.24 Å². The Morgan fingerprint density at radius 1 is 0.265 bits per heavy atom. The van der Waals surface area contributed by atoms with Gasteiger partial charge < -0.3 is 4.90 Å². The Morgan fingerprint density at radius 2 is 0.676 bits per heavy atom. The predicted octanol–water partition coefficient (Wildman–Crippen LogP) is 17.4. The lowest BCUT2D eigenvalue weighted by molar-refractivity contribution is 0.660. The van der Waals surface area contributed by atoms with Crippen molar-refractivity contribution in [3.05, 3.63) is 269 Å². The molecule has 0 saturated heterocycles. The fourth-order valence-electron chi connectivity index (χ4n) is 13.5. The Morgan fingerprint density at radius 3 is 1.34 bits per heavy atom. The summed E-state index contributed by atoms with van der Waals surface area (Å²) in [6, 6.07) is 84.9. The molecule has 0 unspecified atom stereocenters. The van der Waals surface area contributed by atoms with Crippen molar-refractivity contribution < 1.29 is 0 Å². The first-order valence-electron chi connectivity index (χ1n) is 24.2. The summed E-state index contributed by atoms with van der Waals surface area (Å²) in [7, 11) is 0. The molecule has 0 saturated carbocycles. The van der Waals surface area contributed by atoms with E-state index in [2.05, 4.69) is 257 Å². The molecule has 0 radical (unpaired) electrons. The van der Waals surface area contributed by atoms with Gasteiger partial charge in [-0.3, -0.25) is 0 Å². The third-order valence-corrected chi connectivity index (χ3v) is 16.3. The first kappa shape index (κ1) is 39.2. The standard InChI is InChI=1S/C67H49N/c1-65(2)54-30-12-8-24-51(54)62-49(27-18-34-58(62)65)48-23-10-16-36-60(48)68(43-40-38-42(39-41-43)44-26-17-28-50-47-22-5-11-29-53(47)66(3,4)64(44)50)61-37-19-35-59-63(61)52-25-9-15-33-57(52)67(59)55-31-13-6-20-45(55)46-21-7-14-32-56(46)67/h5-41H,1-4H3. The molecular weight excluding hydrogens is 819 g/mol. The van der Waals surface area contributed by atoms with E-state index in [4.69, 9.17) is 0 Å². The highest BCUT2D eigenvalue weighted by molar-refractivity contribution is 6.04. The second-order valence-corrected chi connectivity index (χ2v) is 20.3. The second kappa shape index (κ2) is 14.0. The average Bonchev–Trinajstić information content (AvgIpc) is 4.03. The van der Waals surface area contributed by atoms with Gasteiger partial charge in [0, 0.05) is 27.6 Å². The van der Waals surface area contributed by atoms with E-state index in [-0.39, 0.29) is 10.8 Å². The molecule has 4 aliphatic carbocycles. The summed E-state index contributed by atoms with van der Waals surface area (Å²) in [5.74, 6) is 0. The number of benzene rings is 10. The quantitative estimate of drug-likeness (QED) is 0.167. The summed E-state index contributed by atoms with van der Waals surface area (Å²) in [5, 5.41) is 0. The van der Waals surface area contributed by atoms with Gasteiger partial charge in [0.05, 0.1) is 16.8 Å². The molecule has 10 aromatic rings. The van der Waals surface area contributed by atoms with Gasteiger partial charge in [-0.2, -0.15) is 0 Å². The maximum Gasteiger partial charge on any atom is 0.0726 e. The smallest absolute Gasteiger partial charge is 0.0726 e. The van der Waals surface area contributed by atoms with Gasteiger partial charge in [0.2, 0.25) is 0 Å². The molecule has 0 heterocycles. The zero-order valence-corrected chi connectivity index (χ0v) is 38.8. The van der Waals surface area contributed by atoms with E-state index in [0.29, 0.717) is 0 Å². The molecule has 0 aromatic heterocycles. The molecule has 0 N–H and O–H groups in total. The highest BCUT2D eigenvalue weighted by Crippen LogP contribution is 2.65. The van der Waals surface area contributed by atoms with Crippen molar-refractivity contribution in [3.63, 3.8) is 0 Å². The maximum absolute atomic E-state index is 2.57. The number of nitrogens with zero attached hydrogens (tertiary/aromatic N) is 1. The molecular formula is C67H49N. The van der Waals surface area contributed by atoms with Gasteiger partial charge in [-0.05, 0) is 124 Å². The second-order valence-electron chi connectivity index (χ2n) is 20.3. The van der Waals surface area contributed by atoms with Gasteiger partial charge in [-0.15, -0.1) is 0 Å². The summed E-state index contributed by atoms with van der Waals surface area (Å²) >= 11 is 0. The van der Waals surface area contributed by atoms with Crippen LogP contribution in [0.4, 0.5) is 17.1 Å². The fourth-order valence-corrected chi connectivity index (χ4v) is 13.5. The maximum atomic E-state index is 2.57. The third-order valence-electron chi connectivity index (χ3n) is 16.3.